The molecule has 2 saturated carbocycles. The number of aliphatic imine (C=N–C) groups is 1. The SMILES string of the molecule is CCNC(=NCC1(Cc2ccccc2)CC1)NCCN1C(=O)C2C3C=CC(C3)C2C1=O. The van der Waals surface area contributed by atoms with Crippen LogP contribution in [0.25, 0.3) is 0 Å². The van der Waals surface area contributed by atoms with Crippen molar-refractivity contribution in [3.05, 3.63) is 48.0 Å². The van der Waals surface area contributed by atoms with Crippen LogP contribution < -0.4 is 10.6 Å². The fraction of sp³-hybridized carbons (Fsp3) is 0.560. The minimum absolute atomic E-state index is 0.0235. The first kappa shape index (κ1) is 20.3. The van der Waals surface area contributed by atoms with Gasteiger partial charge in [-0.05, 0) is 55.4 Å². The van der Waals surface area contributed by atoms with Gasteiger partial charge in [-0.1, -0.05) is 42.5 Å². The summed E-state index contributed by atoms with van der Waals surface area (Å²) in [5, 5.41) is 6.63. The summed E-state index contributed by atoms with van der Waals surface area (Å²) in [7, 11) is 0. The molecule has 2 bridgehead atoms. The van der Waals surface area contributed by atoms with Crippen molar-refractivity contribution in [2.45, 2.75) is 32.6 Å². The van der Waals surface area contributed by atoms with Gasteiger partial charge in [0.2, 0.25) is 11.8 Å². The Morgan fingerprint density at radius 3 is 2.35 bits per heavy atom. The van der Waals surface area contributed by atoms with Gasteiger partial charge in [-0.3, -0.25) is 19.5 Å². The maximum absolute atomic E-state index is 12.8. The molecule has 3 aliphatic carbocycles. The van der Waals surface area contributed by atoms with E-state index in [-0.39, 0.29) is 40.9 Å². The highest BCUT2D eigenvalue weighted by molar-refractivity contribution is 6.06. The van der Waals surface area contributed by atoms with Gasteiger partial charge in [-0.25, -0.2) is 0 Å². The maximum Gasteiger partial charge on any atom is 0.233 e. The van der Waals surface area contributed by atoms with Gasteiger partial charge in [-0.15, -0.1) is 0 Å². The highest BCUT2D eigenvalue weighted by Gasteiger charge is 2.58. The van der Waals surface area contributed by atoms with Crippen LogP contribution >= 0.6 is 0 Å². The molecule has 3 fully saturated rings. The second-order valence-electron chi connectivity index (χ2n) is 9.61. The van der Waals surface area contributed by atoms with E-state index in [0.29, 0.717) is 13.1 Å². The van der Waals surface area contributed by atoms with Gasteiger partial charge in [0.25, 0.3) is 0 Å². The standard InChI is InChI=1S/C25H32N4O2/c1-2-26-24(28-16-25(10-11-25)15-17-6-4-3-5-7-17)27-12-13-29-22(30)20-18-8-9-19(14-18)21(20)23(29)31/h3-9,18-21H,2,10-16H2,1H3,(H2,26,27,28). The van der Waals surface area contributed by atoms with E-state index in [1.807, 2.05) is 6.92 Å². The first-order valence-corrected chi connectivity index (χ1v) is 11.7. The molecule has 4 aliphatic rings. The molecule has 164 valence electrons. The second kappa shape index (κ2) is 8.13. The summed E-state index contributed by atoms with van der Waals surface area (Å²) in [6, 6.07) is 10.6. The molecule has 1 saturated heterocycles. The highest BCUT2D eigenvalue weighted by Crippen LogP contribution is 2.52. The number of nitrogens with zero attached hydrogens (tertiary/aromatic N) is 2. The average molecular weight is 421 g/mol. The fourth-order valence-electron chi connectivity index (χ4n) is 5.66. The molecule has 1 heterocycles. The molecular formula is C25H32N4O2. The van der Waals surface area contributed by atoms with E-state index in [9.17, 15) is 9.59 Å². The van der Waals surface area contributed by atoms with Crippen LogP contribution in [0.5, 0.6) is 0 Å². The Labute approximate surface area is 184 Å². The smallest absolute Gasteiger partial charge is 0.233 e. The number of carbonyl (C=O) groups excluding carboxylic acids is 2. The molecule has 0 radical (unpaired) electrons. The van der Waals surface area contributed by atoms with Crippen LogP contribution in [0.4, 0.5) is 0 Å². The van der Waals surface area contributed by atoms with Crippen LogP contribution in [-0.2, 0) is 16.0 Å². The van der Waals surface area contributed by atoms with Crippen LogP contribution in [-0.4, -0.2) is 48.9 Å². The largest absolute Gasteiger partial charge is 0.357 e. The molecule has 1 aromatic rings. The predicted molar refractivity (Wildman–Crippen MR) is 120 cm³/mol. The van der Waals surface area contributed by atoms with Gasteiger partial charge in [0.1, 0.15) is 0 Å². The third-order valence-electron chi connectivity index (χ3n) is 7.49. The number of carbonyl (C=O) groups is 2. The molecule has 1 aliphatic heterocycles. The number of guanidine groups is 1. The molecule has 0 aromatic heterocycles. The Morgan fingerprint density at radius 1 is 1.06 bits per heavy atom. The van der Waals surface area contributed by atoms with Crippen molar-refractivity contribution in [2.24, 2.45) is 34.1 Å². The molecule has 2 N–H and O–H groups in total. The molecule has 5 rings (SSSR count). The summed E-state index contributed by atoms with van der Waals surface area (Å²) >= 11 is 0. The molecule has 4 atom stereocenters. The van der Waals surface area contributed by atoms with Crippen LogP contribution in [0.3, 0.4) is 0 Å². The maximum atomic E-state index is 12.8. The number of rotatable bonds is 8. The van der Waals surface area contributed by atoms with E-state index in [2.05, 4.69) is 53.1 Å². The zero-order valence-corrected chi connectivity index (χ0v) is 18.2. The van der Waals surface area contributed by atoms with Crippen molar-refractivity contribution < 1.29 is 9.59 Å². The first-order chi connectivity index (χ1) is 15.1. The fourth-order valence-corrected chi connectivity index (χ4v) is 5.66. The summed E-state index contributed by atoms with van der Waals surface area (Å²) in [4.78, 5) is 32.0. The number of imide groups is 1. The predicted octanol–water partition coefficient (Wildman–Crippen LogP) is 2.37. The zero-order valence-electron chi connectivity index (χ0n) is 18.2. The van der Waals surface area contributed by atoms with Crippen molar-refractivity contribution in [2.75, 3.05) is 26.2 Å². The van der Waals surface area contributed by atoms with Crippen molar-refractivity contribution in [1.29, 1.82) is 0 Å². The summed E-state index contributed by atoms with van der Waals surface area (Å²) in [5.74, 6) is 1.12. The lowest BCUT2D eigenvalue weighted by molar-refractivity contribution is -0.140. The molecule has 1 aromatic carbocycles. The van der Waals surface area contributed by atoms with Gasteiger partial charge in [0.15, 0.2) is 5.96 Å². The van der Waals surface area contributed by atoms with Gasteiger partial charge >= 0.3 is 0 Å². The zero-order chi connectivity index (χ0) is 21.4. The van der Waals surface area contributed by atoms with Gasteiger partial charge in [-0.2, -0.15) is 0 Å². The summed E-state index contributed by atoms with van der Waals surface area (Å²) in [6.07, 6.45) is 8.73. The number of allylic oxidation sites excluding steroid dienone is 2. The molecule has 6 nitrogen and oxygen atoms in total. The van der Waals surface area contributed by atoms with Crippen LogP contribution in [0.2, 0.25) is 0 Å². The minimum atomic E-state index is -0.114. The molecule has 4 unspecified atom stereocenters. The number of benzene rings is 1. The quantitative estimate of drug-likeness (QED) is 0.293. The normalized spacial score (nSPS) is 30.1. The van der Waals surface area contributed by atoms with E-state index >= 15 is 0 Å². The summed E-state index contributed by atoms with van der Waals surface area (Å²) in [6.45, 7) is 4.54. The highest BCUT2D eigenvalue weighted by atomic mass is 16.2. The third kappa shape index (κ3) is 3.88. The second-order valence-corrected chi connectivity index (χ2v) is 9.61. The van der Waals surface area contributed by atoms with E-state index in [1.165, 1.54) is 23.3 Å². The Morgan fingerprint density at radius 2 is 1.74 bits per heavy atom. The van der Waals surface area contributed by atoms with Gasteiger partial charge in [0.05, 0.1) is 11.8 Å². The van der Waals surface area contributed by atoms with Crippen molar-refractivity contribution in [3.63, 3.8) is 0 Å². The number of amides is 2. The Hall–Kier alpha value is -2.63. The number of fused-ring (bicyclic) bond motifs is 5. The Kier molecular flexibility index (Phi) is 5.32. The lowest BCUT2D eigenvalue weighted by atomic mass is 9.85. The average Bonchev–Trinajstić information content (AvgIpc) is 3.11. The lowest BCUT2D eigenvalue weighted by Crippen LogP contribution is -2.44. The topological polar surface area (TPSA) is 73.8 Å². The lowest BCUT2D eigenvalue weighted by Gasteiger charge is -2.19. The Bertz CT molecular complexity index is 875. The van der Waals surface area contributed by atoms with E-state index in [4.69, 9.17) is 4.99 Å². The number of hydrogen-bond acceptors (Lipinski definition) is 3. The molecule has 0 spiro atoms. The van der Waals surface area contributed by atoms with Crippen molar-refractivity contribution in [3.8, 4) is 0 Å². The minimum Gasteiger partial charge on any atom is -0.357 e. The summed E-state index contributed by atoms with van der Waals surface area (Å²) < 4.78 is 0. The number of nitrogens with one attached hydrogen (secondary N) is 2. The van der Waals surface area contributed by atoms with Gasteiger partial charge < -0.3 is 10.6 Å². The first-order valence-electron chi connectivity index (χ1n) is 11.7. The summed E-state index contributed by atoms with van der Waals surface area (Å²) in [5.41, 5.74) is 1.64. The van der Waals surface area contributed by atoms with Crippen LogP contribution in [0.1, 0.15) is 31.7 Å². The van der Waals surface area contributed by atoms with E-state index in [1.54, 1.807) is 0 Å². The van der Waals surface area contributed by atoms with Crippen LogP contribution in [0, 0.1) is 29.1 Å². The van der Waals surface area contributed by atoms with Gasteiger partial charge in [0, 0.05) is 26.2 Å². The molecule has 6 heteroatoms. The Balaban J connectivity index is 1.15. The van der Waals surface area contributed by atoms with Crippen molar-refractivity contribution >= 4 is 17.8 Å². The number of hydrogen-bond donors (Lipinski definition) is 2. The molecular weight excluding hydrogens is 388 g/mol. The molecule has 31 heavy (non-hydrogen) atoms. The molecule has 2 amide bonds. The van der Waals surface area contributed by atoms with Crippen LogP contribution in [0.15, 0.2) is 47.5 Å². The monoisotopic (exact) mass is 420 g/mol. The van der Waals surface area contributed by atoms with Crippen molar-refractivity contribution in [1.82, 2.24) is 15.5 Å². The number of likely N-dealkylation sites (tertiary alicyclic amines) is 1. The third-order valence-corrected chi connectivity index (χ3v) is 7.49. The van der Waals surface area contributed by atoms with E-state index < -0.39 is 0 Å². The van der Waals surface area contributed by atoms with E-state index in [0.717, 1.165) is 31.9 Å².